The number of nitrogens with one attached hydrogen (secondary N) is 1. The van der Waals surface area contributed by atoms with Crippen molar-refractivity contribution in [2.24, 2.45) is 0 Å². The van der Waals surface area contributed by atoms with Gasteiger partial charge in [0.05, 0.1) is 5.75 Å². The summed E-state index contributed by atoms with van der Waals surface area (Å²) in [4.78, 5) is 12.1. The van der Waals surface area contributed by atoms with Crippen LogP contribution in [0.4, 0.5) is 5.69 Å². The topological polar surface area (TPSA) is 47.6 Å². The number of aryl methyl sites for hydroxylation is 2. The van der Waals surface area contributed by atoms with E-state index in [1.54, 1.807) is 11.8 Å². The Morgan fingerprint density at radius 3 is 2.65 bits per heavy atom. The van der Waals surface area contributed by atoms with Gasteiger partial charge in [-0.2, -0.15) is 0 Å². The quantitative estimate of drug-likeness (QED) is 0.903. The maximum absolute atomic E-state index is 12.1. The lowest BCUT2D eigenvalue weighted by molar-refractivity contribution is -0.113. The minimum atomic E-state index is 0.0214. The number of anilines is 1. The molecule has 1 heterocycles. The first-order chi connectivity index (χ1) is 11.1. The van der Waals surface area contributed by atoms with Crippen molar-refractivity contribution in [3.05, 3.63) is 53.1 Å². The van der Waals surface area contributed by atoms with Gasteiger partial charge in [-0.3, -0.25) is 4.79 Å². The summed E-state index contributed by atoms with van der Waals surface area (Å²) in [5.41, 5.74) is 4.21. The van der Waals surface area contributed by atoms with Crippen molar-refractivity contribution in [1.29, 1.82) is 0 Å². The average molecular weight is 329 g/mol. The van der Waals surface area contributed by atoms with Crippen LogP contribution in [0, 0.1) is 13.8 Å². The highest BCUT2D eigenvalue weighted by Crippen LogP contribution is 2.33. The Morgan fingerprint density at radius 2 is 1.87 bits per heavy atom. The molecule has 2 aromatic rings. The van der Waals surface area contributed by atoms with Crippen molar-refractivity contribution in [2.75, 3.05) is 17.9 Å². The number of hydrogen-bond acceptors (Lipinski definition) is 4. The monoisotopic (exact) mass is 329 g/mol. The van der Waals surface area contributed by atoms with Crippen LogP contribution in [-0.2, 0) is 10.5 Å². The Hall–Kier alpha value is -2.14. The van der Waals surface area contributed by atoms with Crippen LogP contribution in [0.3, 0.4) is 0 Å². The lowest BCUT2D eigenvalue weighted by Crippen LogP contribution is -2.15. The van der Waals surface area contributed by atoms with Crippen LogP contribution in [0.2, 0.25) is 0 Å². The van der Waals surface area contributed by atoms with E-state index in [9.17, 15) is 4.79 Å². The SMILES string of the molecule is Cc1cccc(C)c1NC(=O)CSCc1ccc2c(c1)OCO2. The zero-order valence-corrected chi connectivity index (χ0v) is 14.0. The molecule has 0 aliphatic carbocycles. The van der Waals surface area contributed by atoms with Crippen LogP contribution < -0.4 is 14.8 Å². The molecule has 0 unspecified atom stereocenters. The van der Waals surface area contributed by atoms with Crippen LogP contribution in [0.5, 0.6) is 11.5 Å². The number of para-hydroxylation sites is 1. The summed E-state index contributed by atoms with van der Waals surface area (Å²) in [6.45, 7) is 4.29. The molecule has 5 heteroatoms. The molecule has 0 saturated heterocycles. The Morgan fingerprint density at radius 1 is 1.13 bits per heavy atom. The van der Waals surface area contributed by atoms with Crippen molar-refractivity contribution >= 4 is 23.4 Å². The Bertz CT molecular complexity index is 710. The molecule has 0 bridgehead atoms. The molecular formula is C18H19NO3S. The number of fused-ring (bicyclic) bond motifs is 1. The molecule has 0 saturated carbocycles. The molecule has 2 aromatic carbocycles. The second-order valence-corrected chi connectivity index (χ2v) is 6.48. The third-order valence-electron chi connectivity index (χ3n) is 3.68. The van der Waals surface area contributed by atoms with Gasteiger partial charge in [0.25, 0.3) is 0 Å². The van der Waals surface area contributed by atoms with Gasteiger partial charge in [0.2, 0.25) is 12.7 Å². The minimum absolute atomic E-state index is 0.0214. The molecule has 0 aromatic heterocycles. The highest BCUT2D eigenvalue weighted by Gasteiger charge is 2.13. The summed E-state index contributed by atoms with van der Waals surface area (Å²) in [5.74, 6) is 2.77. The number of amides is 1. The number of carbonyl (C=O) groups is 1. The van der Waals surface area contributed by atoms with Crippen molar-refractivity contribution < 1.29 is 14.3 Å². The lowest BCUT2D eigenvalue weighted by Gasteiger charge is -2.11. The molecular weight excluding hydrogens is 310 g/mol. The third-order valence-corrected chi connectivity index (χ3v) is 4.69. The minimum Gasteiger partial charge on any atom is -0.454 e. The summed E-state index contributed by atoms with van der Waals surface area (Å²) in [6.07, 6.45) is 0. The molecule has 23 heavy (non-hydrogen) atoms. The summed E-state index contributed by atoms with van der Waals surface area (Å²) in [5, 5.41) is 3.00. The van der Waals surface area contributed by atoms with Crippen molar-refractivity contribution in [3.63, 3.8) is 0 Å². The highest BCUT2D eigenvalue weighted by molar-refractivity contribution is 7.99. The smallest absolute Gasteiger partial charge is 0.234 e. The number of thioether (sulfide) groups is 1. The first-order valence-corrected chi connectivity index (χ1v) is 8.61. The highest BCUT2D eigenvalue weighted by atomic mass is 32.2. The summed E-state index contributed by atoms with van der Waals surface area (Å²) < 4.78 is 10.7. The van der Waals surface area contributed by atoms with Crippen molar-refractivity contribution in [2.45, 2.75) is 19.6 Å². The summed E-state index contributed by atoms with van der Waals surface area (Å²) >= 11 is 1.58. The fourth-order valence-electron chi connectivity index (χ4n) is 2.48. The molecule has 0 fully saturated rings. The summed E-state index contributed by atoms with van der Waals surface area (Å²) in [7, 11) is 0. The normalized spacial score (nSPS) is 12.3. The van der Waals surface area contributed by atoms with E-state index in [1.165, 1.54) is 0 Å². The van der Waals surface area contributed by atoms with Gasteiger partial charge < -0.3 is 14.8 Å². The van der Waals surface area contributed by atoms with Gasteiger partial charge in [-0.15, -0.1) is 11.8 Å². The first kappa shape index (κ1) is 15.7. The molecule has 1 amide bonds. The van der Waals surface area contributed by atoms with E-state index < -0.39 is 0 Å². The molecule has 1 aliphatic heterocycles. The molecule has 0 radical (unpaired) electrons. The maximum atomic E-state index is 12.1. The molecule has 0 spiro atoms. The van der Waals surface area contributed by atoms with Crippen molar-refractivity contribution in [3.8, 4) is 11.5 Å². The number of carbonyl (C=O) groups excluding carboxylic acids is 1. The van der Waals surface area contributed by atoms with Crippen LogP contribution in [-0.4, -0.2) is 18.5 Å². The fraction of sp³-hybridized carbons (Fsp3) is 0.278. The van der Waals surface area contributed by atoms with E-state index in [4.69, 9.17) is 9.47 Å². The molecule has 3 rings (SSSR count). The summed E-state index contributed by atoms with van der Waals surface area (Å²) in [6, 6.07) is 11.9. The van der Waals surface area contributed by atoms with Gasteiger partial charge in [-0.1, -0.05) is 24.3 Å². The predicted molar refractivity (Wildman–Crippen MR) is 93.3 cm³/mol. The standard InChI is InChI=1S/C18H19NO3S/c1-12-4-3-5-13(2)18(12)19-17(20)10-23-9-14-6-7-15-16(8-14)22-11-21-15/h3-8H,9-11H2,1-2H3,(H,19,20). The number of ether oxygens (including phenoxy) is 2. The maximum Gasteiger partial charge on any atom is 0.234 e. The lowest BCUT2D eigenvalue weighted by atomic mass is 10.1. The van der Waals surface area contributed by atoms with E-state index in [0.29, 0.717) is 5.75 Å². The third kappa shape index (κ3) is 3.79. The zero-order chi connectivity index (χ0) is 16.2. The second-order valence-electron chi connectivity index (χ2n) is 5.50. The average Bonchev–Trinajstić information content (AvgIpc) is 2.99. The first-order valence-electron chi connectivity index (χ1n) is 7.46. The van der Waals surface area contributed by atoms with E-state index in [0.717, 1.165) is 39.6 Å². The second kappa shape index (κ2) is 6.96. The Kier molecular flexibility index (Phi) is 4.76. The molecule has 1 aliphatic rings. The predicted octanol–water partition coefficient (Wildman–Crippen LogP) is 3.90. The Balaban J connectivity index is 1.51. The van der Waals surface area contributed by atoms with E-state index in [2.05, 4.69) is 5.32 Å². The molecule has 4 nitrogen and oxygen atoms in total. The van der Waals surface area contributed by atoms with E-state index in [1.807, 2.05) is 50.2 Å². The van der Waals surface area contributed by atoms with Gasteiger partial charge in [-0.05, 0) is 42.7 Å². The van der Waals surface area contributed by atoms with Gasteiger partial charge >= 0.3 is 0 Å². The number of rotatable bonds is 5. The Labute approximate surface area is 140 Å². The fourth-order valence-corrected chi connectivity index (χ4v) is 3.25. The molecule has 0 atom stereocenters. The van der Waals surface area contributed by atoms with Gasteiger partial charge in [0.15, 0.2) is 11.5 Å². The van der Waals surface area contributed by atoms with Crippen LogP contribution in [0.1, 0.15) is 16.7 Å². The van der Waals surface area contributed by atoms with Gasteiger partial charge in [0.1, 0.15) is 0 Å². The van der Waals surface area contributed by atoms with E-state index in [-0.39, 0.29) is 12.7 Å². The zero-order valence-electron chi connectivity index (χ0n) is 13.2. The van der Waals surface area contributed by atoms with E-state index >= 15 is 0 Å². The molecule has 120 valence electrons. The van der Waals surface area contributed by atoms with Crippen LogP contribution >= 0.6 is 11.8 Å². The number of benzene rings is 2. The van der Waals surface area contributed by atoms with Crippen LogP contribution in [0.15, 0.2) is 36.4 Å². The van der Waals surface area contributed by atoms with Gasteiger partial charge in [0, 0.05) is 11.4 Å². The molecule has 1 N–H and O–H groups in total. The van der Waals surface area contributed by atoms with Gasteiger partial charge in [-0.25, -0.2) is 0 Å². The van der Waals surface area contributed by atoms with Crippen molar-refractivity contribution in [1.82, 2.24) is 0 Å². The van der Waals surface area contributed by atoms with Crippen LogP contribution in [0.25, 0.3) is 0 Å². The number of hydrogen-bond donors (Lipinski definition) is 1. The largest absolute Gasteiger partial charge is 0.454 e.